The van der Waals surface area contributed by atoms with E-state index in [4.69, 9.17) is 9.73 Å². The first kappa shape index (κ1) is 21.2. The lowest BCUT2D eigenvalue weighted by molar-refractivity contribution is 0.191. The maximum absolute atomic E-state index is 12.7. The molecule has 0 aromatic heterocycles. The molecule has 2 aromatic rings. The lowest BCUT2D eigenvalue weighted by atomic mass is 10.1. The Labute approximate surface area is 184 Å². The van der Waals surface area contributed by atoms with Crippen LogP contribution < -0.4 is 10.1 Å². The summed E-state index contributed by atoms with van der Waals surface area (Å²) in [4.78, 5) is 21.9. The number of ether oxygens (including phenoxy) is 1. The lowest BCUT2D eigenvalue weighted by Gasteiger charge is -2.28. The molecule has 164 valence electrons. The van der Waals surface area contributed by atoms with Gasteiger partial charge in [-0.15, -0.1) is 0 Å². The Morgan fingerprint density at radius 2 is 1.71 bits per heavy atom. The quantitative estimate of drug-likeness (QED) is 0.652. The highest BCUT2D eigenvalue weighted by molar-refractivity contribution is 6.04. The first-order chi connectivity index (χ1) is 14.7. The van der Waals surface area contributed by atoms with Gasteiger partial charge in [0.2, 0.25) is 0 Å². The number of fused-ring (bicyclic) bond motifs is 2. The number of hydrogen-bond acceptors (Lipinski definition) is 4. The Hall–Kier alpha value is -3.02. The molecule has 1 N–H and O–H groups in total. The normalized spacial score (nSPS) is 16.4. The highest BCUT2D eigenvalue weighted by Gasteiger charge is 2.27. The lowest BCUT2D eigenvalue weighted by Crippen LogP contribution is -2.49. The summed E-state index contributed by atoms with van der Waals surface area (Å²) < 4.78 is 6.29. The van der Waals surface area contributed by atoms with Gasteiger partial charge >= 0.3 is 6.03 Å². The number of nitrogens with zero attached hydrogens (tertiary/aromatic N) is 3. The van der Waals surface area contributed by atoms with E-state index in [9.17, 15) is 4.79 Å². The molecular formula is C25H32N4O2. The third-order valence-electron chi connectivity index (χ3n) is 5.50. The molecule has 0 radical (unpaired) electrons. The Morgan fingerprint density at radius 3 is 2.48 bits per heavy atom. The van der Waals surface area contributed by atoms with E-state index < -0.39 is 0 Å². The van der Waals surface area contributed by atoms with Crippen LogP contribution in [0.1, 0.15) is 43.9 Å². The van der Waals surface area contributed by atoms with Gasteiger partial charge < -0.3 is 19.9 Å². The molecule has 0 bridgehead atoms. The second-order valence-corrected chi connectivity index (χ2v) is 9.52. The van der Waals surface area contributed by atoms with Crippen LogP contribution in [0, 0.1) is 13.8 Å². The zero-order chi connectivity index (χ0) is 22.2. The Morgan fingerprint density at radius 1 is 0.968 bits per heavy atom. The standard InChI is InChI=1S/C25H32N4O2/c1-17-8-10-21-19(15-17)23(26-20-9-7-18(2)16-22(20)31-21)28-11-6-12-29(14-13-28)24(30)27-25(3,4)5/h7-10,15-16H,6,11-14H2,1-5H3,(H,27,30). The van der Waals surface area contributed by atoms with Crippen LogP contribution in [0.2, 0.25) is 0 Å². The summed E-state index contributed by atoms with van der Waals surface area (Å²) in [6.45, 7) is 13.1. The topological polar surface area (TPSA) is 57.2 Å². The number of carbonyl (C=O) groups excluding carboxylic acids is 1. The minimum atomic E-state index is -0.246. The first-order valence-corrected chi connectivity index (χ1v) is 11.0. The van der Waals surface area contributed by atoms with Gasteiger partial charge in [0.15, 0.2) is 5.75 Å². The predicted octanol–water partition coefficient (Wildman–Crippen LogP) is 5.00. The zero-order valence-electron chi connectivity index (χ0n) is 19.2. The highest BCUT2D eigenvalue weighted by atomic mass is 16.5. The molecule has 0 unspecified atom stereocenters. The molecule has 2 aliphatic heterocycles. The Kier molecular flexibility index (Phi) is 5.65. The van der Waals surface area contributed by atoms with Crippen molar-refractivity contribution in [3.8, 4) is 11.5 Å². The average molecular weight is 421 g/mol. The summed E-state index contributed by atoms with van der Waals surface area (Å²) in [7, 11) is 0. The van der Waals surface area contributed by atoms with Crippen LogP contribution in [-0.2, 0) is 0 Å². The van der Waals surface area contributed by atoms with Crippen molar-refractivity contribution < 1.29 is 9.53 Å². The van der Waals surface area contributed by atoms with E-state index in [0.29, 0.717) is 6.54 Å². The van der Waals surface area contributed by atoms with Crippen LogP contribution in [0.25, 0.3) is 0 Å². The fourth-order valence-corrected chi connectivity index (χ4v) is 3.97. The molecule has 0 atom stereocenters. The maximum Gasteiger partial charge on any atom is 0.317 e. The van der Waals surface area contributed by atoms with Crippen molar-refractivity contribution in [1.29, 1.82) is 0 Å². The number of aliphatic imine (C=N–C) groups is 1. The summed E-state index contributed by atoms with van der Waals surface area (Å²) >= 11 is 0. The van der Waals surface area contributed by atoms with E-state index in [1.165, 1.54) is 0 Å². The fraction of sp³-hybridized carbons (Fsp3) is 0.440. The van der Waals surface area contributed by atoms with Gasteiger partial charge in [0, 0.05) is 31.7 Å². The molecule has 0 saturated carbocycles. The van der Waals surface area contributed by atoms with Crippen LogP contribution in [0.15, 0.2) is 41.4 Å². The smallest absolute Gasteiger partial charge is 0.317 e. The van der Waals surface area contributed by atoms with Crippen molar-refractivity contribution in [3.63, 3.8) is 0 Å². The second-order valence-electron chi connectivity index (χ2n) is 9.52. The van der Waals surface area contributed by atoms with Gasteiger partial charge in [0.05, 0.1) is 5.56 Å². The molecule has 1 saturated heterocycles. The molecule has 1 fully saturated rings. The summed E-state index contributed by atoms with van der Waals surface area (Å²) in [5, 5.41) is 3.08. The highest BCUT2D eigenvalue weighted by Crippen LogP contribution is 2.39. The summed E-state index contributed by atoms with van der Waals surface area (Å²) in [5.74, 6) is 2.51. The minimum Gasteiger partial charge on any atom is -0.454 e. The van der Waals surface area contributed by atoms with E-state index in [1.807, 2.05) is 43.9 Å². The zero-order valence-corrected chi connectivity index (χ0v) is 19.2. The van der Waals surface area contributed by atoms with Gasteiger partial charge in [-0.3, -0.25) is 0 Å². The number of urea groups is 1. The summed E-state index contributed by atoms with van der Waals surface area (Å²) in [6, 6.07) is 12.3. The molecule has 31 heavy (non-hydrogen) atoms. The van der Waals surface area contributed by atoms with E-state index >= 15 is 0 Å². The van der Waals surface area contributed by atoms with E-state index in [0.717, 1.165) is 65.8 Å². The van der Waals surface area contributed by atoms with Crippen LogP contribution in [0.3, 0.4) is 0 Å². The monoisotopic (exact) mass is 420 g/mol. The molecule has 0 spiro atoms. The molecular weight excluding hydrogens is 388 g/mol. The van der Waals surface area contributed by atoms with E-state index in [-0.39, 0.29) is 11.6 Å². The second kappa shape index (κ2) is 8.25. The van der Waals surface area contributed by atoms with Crippen molar-refractivity contribution in [2.45, 2.75) is 46.6 Å². The number of amidine groups is 1. The maximum atomic E-state index is 12.7. The van der Waals surface area contributed by atoms with E-state index in [1.54, 1.807) is 0 Å². The Bertz CT molecular complexity index is 1020. The number of amides is 2. The fourth-order valence-electron chi connectivity index (χ4n) is 3.97. The van der Waals surface area contributed by atoms with Gasteiger partial charge in [0.25, 0.3) is 0 Å². The molecule has 2 aliphatic rings. The number of aryl methyl sites for hydroxylation is 2. The molecule has 2 heterocycles. The van der Waals surface area contributed by atoms with Crippen LogP contribution >= 0.6 is 0 Å². The SMILES string of the molecule is Cc1ccc2c(c1)Oc1ccc(C)cc1C(N1CCCN(C(=O)NC(C)(C)C)CC1)=N2. The molecule has 2 aromatic carbocycles. The summed E-state index contributed by atoms with van der Waals surface area (Å²) in [6.07, 6.45) is 0.888. The van der Waals surface area contributed by atoms with Crippen LogP contribution in [0.4, 0.5) is 10.5 Å². The molecule has 2 amide bonds. The third kappa shape index (κ3) is 4.84. The van der Waals surface area contributed by atoms with E-state index in [2.05, 4.69) is 42.3 Å². The number of rotatable bonds is 0. The van der Waals surface area contributed by atoms with Gasteiger partial charge in [-0.25, -0.2) is 9.79 Å². The predicted molar refractivity (Wildman–Crippen MR) is 125 cm³/mol. The molecule has 0 aliphatic carbocycles. The van der Waals surface area contributed by atoms with Crippen molar-refractivity contribution >= 4 is 17.6 Å². The number of carbonyl (C=O) groups is 1. The largest absolute Gasteiger partial charge is 0.454 e. The van der Waals surface area contributed by atoms with Crippen molar-refractivity contribution in [2.24, 2.45) is 4.99 Å². The van der Waals surface area contributed by atoms with Gasteiger partial charge in [0.1, 0.15) is 17.3 Å². The minimum absolute atomic E-state index is 0.00226. The summed E-state index contributed by atoms with van der Waals surface area (Å²) in [5.41, 5.74) is 3.89. The van der Waals surface area contributed by atoms with Gasteiger partial charge in [-0.2, -0.15) is 0 Å². The number of benzene rings is 2. The van der Waals surface area contributed by atoms with Crippen LogP contribution in [-0.4, -0.2) is 53.4 Å². The van der Waals surface area contributed by atoms with Crippen molar-refractivity contribution in [1.82, 2.24) is 15.1 Å². The number of nitrogens with one attached hydrogen (secondary N) is 1. The third-order valence-corrected chi connectivity index (χ3v) is 5.50. The molecule has 4 rings (SSSR count). The first-order valence-electron chi connectivity index (χ1n) is 11.0. The molecule has 6 heteroatoms. The van der Waals surface area contributed by atoms with Crippen LogP contribution in [0.5, 0.6) is 11.5 Å². The molecule has 6 nitrogen and oxygen atoms in total. The number of hydrogen-bond donors (Lipinski definition) is 1. The van der Waals surface area contributed by atoms with Gasteiger partial charge in [-0.1, -0.05) is 17.7 Å². The average Bonchev–Trinajstić information content (AvgIpc) is 3.01. The Balaban J connectivity index is 1.65. The van der Waals surface area contributed by atoms with Crippen molar-refractivity contribution in [3.05, 3.63) is 53.1 Å². The van der Waals surface area contributed by atoms with Gasteiger partial charge in [-0.05, 0) is 70.9 Å². The van der Waals surface area contributed by atoms with Crippen molar-refractivity contribution in [2.75, 3.05) is 26.2 Å².